The predicted molar refractivity (Wildman–Crippen MR) is 146 cm³/mol. The van der Waals surface area contributed by atoms with E-state index in [0.29, 0.717) is 27.3 Å². The molecule has 0 unspecified atom stereocenters. The summed E-state index contributed by atoms with van der Waals surface area (Å²) >= 11 is 10.9. The molecule has 7 nitrogen and oxygen atoms in total. The molecular formula is C25H22BrClN4O3S. The molecule has 0 spiro atoms. The highest BCUT2D eigenvalue weighted by atomic mass is 79.9. The lowest BCUT2D eigenvalue weighted by Gasteiger charge is -2.12. The molecule has 2 heterocycles. The first-order valence-corrected chi connectivity index (χ1v) is 12.8. The molecule has 0 radical (unpaired) electrons. The molecule has 180 valence electrons. The molecule has 0 N–H and O–H groups in total. The maximum absolute atomic E-state index is 13.1. The highest BCUT2D eigenvalue weighted by Gasteiger charge is 2.32. The second-order valence-electron chi connectivity index (χ2n) is 8.04. The van der Waals surface area contributed by atoms with Crippen LogP contribution in [0.5, 0.6) is 0 Å². The largest absolute Gasteiger partial charge is 0.318 e. The SMILES string of the molecule is CCN1C(=O)/C(=C/c2cc(C)n(-c3ccc([N+](=O)[O-])cc3C)c2C)SC1=Nc1ccc(Br)c(Cl)c1. The average molecular weight is 574 g/mol. The standard InChI is InChI=1S/C25H22BrClN4O3S/c1-5-29-24(32)23(35-25(29)28-18-6-8-20(26)21(27)13-18)12-17-11-15(3)30(16(17)4)22-9-7-19(31(33)34)10-14(22)2/h6-13H,5H2,1-4H3/b23-12-,28-25?. The molecule has 1 amide bonds. The lowest BCUT2D eigenvalue weighted by Crippen LogP contribution is -2.28. The van der Waals surface area contributed by atoms with Crippen LogP contribution in [0.15, 0.2) is 56.8 Å². The Morgan fingerprint density at radius 1 is 1.17 bits per heavy atom. The molecule has 3 aromatic rings. The van der Waals surface area contributed by atoms with Crippen molar-refractivity contribution in [3.05, 3.63) is 89.5 Å². The number of nitro benzene ring substituents is 1. The van der Waals surface area contributed by atoms with Gasteiger partial charge < -0.3 is 4.57 Å². The van der Waals surface area contributed by atoms with Gasteiger partial charge in [-0.1, -0.05) is 11.6 Å². The topological polar surface area (TPSA) is 80.7 Å². The Balaban J connectivity index is 1.71. The van der Waals surface area contributed by atoms with E-state index in [1.54, 1.807) is 23.1 Å². The number of aromatic nitrogens is 1. The Morgan fingerprint density at radius 3 is 2.54 bits per heavy atom. The van der Waals surface area contributed by atoms with Crippen molar-refractivity contribution in [2.75, 3.05) is 6.54 Å². The van der Waals surface area contributed by atoms with E-state index in [1.165, 1.54) is 17.8 Å². The molecule has 35 heavy (non-hydrogen) atoms. The molecule has 2 aromatic carbocycles. The zero-order valence-electron chi connectivity index (χ0n) is 19.5. The van der Waals surface area contributed by atoms with Gasteiger partial charge in [-0.05, 0) is 103 Å². The Hall–Kier alpha value is -2.88. The third kappa shape index (κ3) is 4.94. The van der Waals surface area contributed by atoms with Gasteiger partial charge >= 0.3 is 0 Å². The summed E-state index contributed by atoms with van der Waals surface area (Å²) in [5, 5.41) is 12.3. The minimum Gasteiger partial charge on any atom is -0.318 e. The Kier molecular flexibility index (Phi) is 7.21. The summed E-state index contributed by atoms with van der Waals surface area (Å²) in [4.78, 5) is 30.8. The fourth-order valence-corrected chi connectivity index (χ4v) is 5.46. The fourth-order valence-electron chi connectivity index (χ4n) is 3.99. The molecule has 10 heteroatoms. The minimum absolute atomic E-state index is 0.0579. The highest BCUT2D eigenvalue weighted by molar-refractivity contribution is 9.10. The van der Waals surface area contributed by atoms with E-state index < -0.39 is 4.92 Å². The average Bonchev–Trinajstić information content (AvgIpc) is 3.25. The second kappa shape index (κ2) is 10.0. The van der Waals surface area contributed by atoms with E-state index >= 15 is 0 Å². The molecule has 1 saturated heterocycles. The van der Waals surface area contributed by atoms with Crippen LogP contribution in [0.4, 0.5) is 11.4 Å². The molecule has 4 rings (SSSR count). The highest BCUT2D eigenvalue weighted by Crippen LogP contribution is 2.36. The number of aliphatic imine (C=N–C) groups is 1. The molecule has 0 aliphatic carbocycles. The van der Waals surface area contributed by atoms with E-state index in [2.05, 4.69) is 20.9 Å². The van der Waals surface area contributed by atoms with E-state index in [1.807, 2.05) is 56.5 Å². The number of amidine groups is 1. The Labute approximate surface area is 220 Å². The van der Waals surface area contributed by atoms with E-state index in [9.17, 15) is 14.9 Å². The summed E-state index contributed by atoms with van der Waals surface area (Å²) in [5.41, 5.74) is 5.19. The van der Waals surface area contributed by atoms with Crippen LogP contribution in [0.3, 0.4) is 0 Å². The number of halogens is 2. The van der Waals surface area contributed by atoms with Gasteiger partial charge in [0.05, 0.1) is 20.5 Å². The van der Waals surface area contributed by atoms with Gasteiger partial charge in [-0.2, -0.15) is 0 Å². The molecule has 1 aromatic heterocycles. The summed E-state index contributed by atoms with van der Waals surface area (Å²) in [6.45, 7) is 8.21. The molecular weight excluding hydrogens is 552 g/mol. The summed E-state index contributed by atoms with van der Waals surface area (Å²) in [7, 11) is 0. The monoisotopic (exact) mass is 572 g/mol. The zero-order valence-corrected chi connectivity index (χ0v) is 22.7. The van der Waals surface area contributed by atoms with E-state index in [4.69, 9.17) is 11.6 Å². The predicted octanol–water partition coefficient (Wildman–Crippen LogP) is 7.35. The van der Waals surface area contributed by atoms with Gasteiger partial charge in [0.1, 0.15) is 0 Å². The molecule has 0 atom stereocenters. The molecule has 1 fully saturated rings. The van der Waals surface area contributed by atoms with Crippen molar-refractivity contribution in [3.8, 4) is 5.69 Å². The van der Waals surface area contributed by atoms with Crippen molar-refractivity contribution >= 4 is 67.8 Å². The number of non-ortho nitro benzene ring substituents is 1. The van der Waals surface area contributed by atoms with Crippen molar-refractivity contribution in [2.24, 2.45) is 4.99 Å². The van der Waals surface area contributed by atoms with Crippen molar-refractivity contribution in [1.82, 2.24) is 9.47 Å². The van der Waals surface area contributed by atoms with Crippen LogP contribution in [0.25, 0.3) is 11.8 Å². The van der Waals surface area contributed by atoms with Gasteiger partial charge in [-0.25, -0.2) is 4.99 Å². The van der Waals surface area contributed by atoms with Gasteiger partial charge in [0.25, 0.3) is 11.6 Å². The normalized spacial score (nSPS) is 16.1. The number of hydrogen-bond acceptors (Lipinski definition) is 5. The number of rotatable bonds is 5. The van der Waals surface area contributed by atoms with E-state index in [0.717, 1.165) is 32.7 Å². The summed E-state index contributed by atoms with van der Waals surface area (Å²) in [6.07, 6.45) is 1.88. The smallest absolute Gasteiger partial charge is 0.269 e. The number of nitro groups is 1. The molecule has 1 aliphatic rings. The third-order valence-corrected chi connectivity index (χ3v) is 7.96. The Bertz CT molecular complexity index is 1430. The van der Waals surface area contributed by atoms with E-state index in [-0.39, 0.29) is 11.6 Å². The zero-order chi connectivity index (χ0) is 25.4. The first-order chi connectivity index (χ1) is 16.6. The quantitative estimate of drug-likeness (QED) is 0.182. The molecule has 0 saturated carbocycles. The number of benzene rings is 2. The lowest BCUT2D eigenvalue weighted by molar-refractivity contribution is -0.384. The summed E-state index contributed by atoms with van der Waals surface area (Å²) in [5.74, 6) is -0.101. The molecule has 0 bridgehead atoms. The lowest BCUT2D eigenvalue weighted by atomic mass is 10.1. The minimum atomic E-state index is -0.397. The number of carbonyl (C=O) groups excluding carboxylic acids is 1. The van der Waals surface area contributed by atoms with Crippen LogP contribution >= 0.6 is 39.3 Å². The van der Waals surface area contributed by atoms with Crippen LogP contribution in [0.2, 0.25) is 5.02 Å². The number of likely N-dealkylation sites (N-methyl/N-ethyl adjacent to an activating group) is 1. The van der Waals surface area contributed by atoms with Crippen LogP contribution in [0.1, 0.15) is 29.4 Å². The second-order valence-corrected chi connectivity index (χ2v) is 10.3. The van der Waals surface area contributed by atoms with Crippen molar-refractivity contribution in [1.29, 1.82) is 0 Å². The van der Waals surface area contributed by atoms with Crippen LogP contribution in [-0.2, 0) is 4.79 Å². The van der Waals surface area contributed by atoms with Gasteiger partial charge in [-0.15, -0.1) is 0 Å². The van der Waals surface area contributed by atoms with Crippen LogP contribution in [0, 0.1) is 30.9 Å². The number of amides is 1. The van der Waals surface area contributed by atoms with Crippen molar-refractivity contribution in [2.45, 2.75) is 27.7 Å². The summed E-state index contributed by atoms with van der Waals surface area (Å²) < 4.78 is 2.83. The number of hydrogen-bond donors (Lipinski definition) is 0. The van der Waals surface area contributed by atoms with Gasteiger partial charge in [0.2, 0.25) is 0 Å². The number of nitrogens with zero attached hydrogens (tertiary/aromatic N) is 4. The maximum Gasteiger partial charge on any atom is 0.269 e. The first-order valence-electron chi connectivity index (χ1n) is 10.8. The van der Waals surface area contributed by atoms with Gasteiger partial charge in [0.15, 0.2) is 5.17 Å². The third-order valence-electron chi connectivity index (χ3n) is 5.72. The van der Waals surface area contributed by atoms with Crippen molar-refractivity contribution < 1.29 is 9.72 Å². The number of aryl methyl sites for hydroxylation is 2. The first kappa shape index (κ1) is 25.2. The van der Waals surface area contributed by atoms with Crippen LogP contribution in [-0.4, -0.2) is 32.0 Å². The van der Waals surface area contributed by atoms with Crippen molar-refractivity contribution in [3.63, 3.8) is 0 Å². The summed E-state index contributed by atoms with van der Waals surface area (Å²) in [6, 6.07) is 12.3. The van der Waals surface area contributed by atoms with Crippen LogP contribution < -0.4 is 0 Å². The number of thioether (sulfide) groups is 1. The Morgan fingerprint density at radius 2 is 1.91 bits per heavy atom. The van der Waals surface area contributed by atoms with Gasteiger partial charge in [0, 0.05) is 40.2 Å². The number of carbonyl (C=O) groups is 1. The maximum atomic E-state index is 13.1. The van der Waals surface area contributed by atoms with Gasteiger partial charge in [-0.3, -0.25) is 19.8 Å². The molecule has 1 aliphatic heterocycles. The fraction of sp³-hybridized carbons (Fsp3) is 0.200.